The highest BCUT2D eigenvalue weighted by Crippen LogP contribution is 2.25. The Morgan fingerprint density at radius 3 is 2.31 bits per heavy atom. The van der Waals surface area contributed by atoms with Crippen molar-refractivity contribution >= 4 is 27.1 Å². The number of nitrogens with zero attached hydrogens (tertiary/aromatic N) is 2. The number of Topliss-reactive ketones (excluding diaryl/α,β-unsaturated/α-hetero) is 1. The summed E-state index contributed by atoms with van der Waals surface area (Å²) in [6, 6.07) is 9.35. The van der Waals surface area contributed by atoms with Crippen molar-refractivity contribution in [1.82, 2.24) is 9.21 Å². The second-order valence-corrected chi connectivity index (χ2v) is 10.2. The summed E-state index contributed by atoms with van der Waals surface area (Å²) in [7, 11) is -3.42. The number of thiophene rings is 1. The van der Waals surface area contributed by atoms with Crippen LogP contribution in [0.4, 0.5) is 0 Å². The van der Waals surface area contributed by atoms with Gasteiger partial charge in [-0.2, -0.15) is 4.31 Å². The molecule has 1 aromatic carbocycles. The van der Waals surface area contributed by atoms with Gasteiger partial charge in [0.15, 0.2) is 5.78 Å². The molecule has 0 radical (unpaired) electrons. The fraction of sp³-hybridized carbons (Fsp3) is 0.421. The van der Waals surface area contributed by atoms with Crippen molar-refractivity contribution in [2.75, 3.05) is 32.7 Å². The van der Waals surface area contributed by atoms with Gasteiger partial charge in [-0.3, -0.25) is 9.69 Å². The lowest BCUT2D eigenvalue weighted by Gasteiger charge is -2.33. The second kappa shape index (κ2) is 7.60. The van der Waals surface area contributed by atoms with Gasteiger partial charge >= 0.3 is 0 Å². The molecule has 1 fully saturated rings. The first-order chi connectivity index (χ1) is 12.3. The molecule has 1 aromatic heterocycles. The third-order valence-corrected chi connectivity index (χ3v) is 8.06. The van der Waals surface area contributed by atoms with Gasteiger partial charge < -0.3 is 0 Å². The summed E-state index contributed by atoms with van der Waals surface area (Å²) in [6.07, 6.45) is 0. The van der Waals surface area contributed by atoms with Crippen LogP contribution in [0, 0.1) is 20.8 Å². The topological polar surface area (TPSA) is 57.7 Å². The average Bonchev–Trinajstić information content (AvgIpc) is 3.02. The first-order valence-electron chi connectivity index (χ1n) is 8.67. The maximum Gasteiger partial charge on any atom is 0.252 e. The molecule has 0 bridgehead atoms. The predicted octanol–water partition coefficient (Wildman–Crippen LogP) is 2.86. The molecule has 0 spiro atoms. The maximum absolute atomic E-state index is 12.7. The first-order valence-corrected chi connectivity index (χ1v) is 10.9. The lowest BCUT2D eigenvalue weighted by molar-refractivity contribution is 0.0901. The molecule has 0 atom stereocenters. The molecule has 0 unspecified atom stereocenters. The van der Waals surface area contributed by atoms with Gasteiger partial charge in [-0.1, -0.05) is 23.8 Å². The summed E-state index contributed by atoms with van der Waals surface area (Å²) < 4.78 is 27.3. The van der Waals surface area contributed by atoms with Crippen LogP contribution in [0.1, 0.15) is 26.4 Å². The SMILES string of the molecule is Cc1ccc(C(=O)CN2CCN(S(=O)(=O)c3ccc(C)s3)CC2)c(C)c1. The van der Waals surface area contributed by atoms with Gasteiger partial charge in [0.2, 0.25) is 0 Å². The quantitative estimate of drug-likeness (QED) is 0.734. The van der Waals surface area contributed by atoms with Crippen LogP contribution in [0.3, 0.4) is 0 Å². The fourth-order valence-electron chi connectivity index (χ4n) is 3.22. The van der Waals surface area contributed by atoms with Crippen molar-refractivity contribution in [3.05, 3.63) is 51.9 Å². The number of piperazine rings is 1. The van der Waals surface area contributed by atoms with Gasteiger partial charge in [0.05, 0.1) is 6.54 Å². The number of carbonyl (C=O) groups is 1. The summed E-state index contributed by atoms with van der Waals surface area (Å²) in [6.45, 7) is 8.17. The normalized spacial score (nSPS) is 16.7. The summed E-state index contributed by atoms with van der Waals surface area (Å²) in [5, 5.41) is 0. The lowest BCUT2D eigenvalue weighted by atomic mass is 10.0. The van der Waals surface area contributed by atoms with E-state index in [9.17, 15) is 13.2 Å². The molecule has 0 aliphatic carbocycles. The molecule has 7 heteroatoms. The minimum Gasteiger partial charge on any atom is -0.293 e. The molecule has 1 aliphatic rings. The number of hydrogen-bond acceptors (Lipinski definition) is 5. The van der Waals surface area contributed by atoms with E-state index in [0.29, 0.717) is 36.9 Å². The van der Waals surface area contributed by atoms with E-state index in [1.165, 1.54) is 15.6 Å². The summed E-state index contributed by atoms with van der Waals surface area (Å²) in [5.41, 5.74) is 2.88. The number of sulfonamides is 1. The van der Waals surface area contributed by atoms with Crippen LogP contribution in [0.2, 0.25) is 0 Å². The fourth-order valence-corrected chi connectivity index (χ4v) is 6.08. The van der Waals surface area contributed by atoms with Gasteiger partial charge in [0, 0.05) is 36.6 Å². The van der Waals surface area contributed by atoms with Crippen LogP contribution in [0.5, 0.6) is 0 Å². The van der Waals surface area contributed by atoms with Crippen LogP contribution in [0.15, 0.2) is 34.5 Å². The van der Waals surface area contributed by atoms with Crippen LogP contribution >= 0.6 is 11.3 Å². The molecular weight excluding hydrogens is 368 g/mol. The molecule has 1 aliphatic heterocycles. The standard InChI is InChI=1S/C19H24N2O3S2/c1-14-4-6-17(15(2)12-14)18(22)13-20-8-10-21(11-9-20)26(23,24)19-7-5-16(3)25-19/h4-7,12H,8-11,13H2,1-3H3. The maximum atomic E-state index is 12.7. The average molecular weight is 393 g/mol. The molecule has 0 N–H and O–H groups in total. The van der Waals surface area contributed by atoms with Gasteiger partial charge in [-0.15, -0.1) is 11.3 Å². The Morgan fingerprint density at radius 1 is 1.04 bits per heavy atom. The minimum absolute atomic E-state index is 0.0905. The third-order valence-electron chi connectivity index (χ3n) is 4.69. The highest BCUT2D eigenvalue weighted by atomic mass is 32.2. The molecule has 0 amide bonds. The van der Waals surface area contributed by atoms with E-state index >= 15 is 0 Å². The van der Waals surface area contributed by atoms with Crippen LogP contribution < -0.4 is 0 Å². The third kappa shape index (κ3) is 4.06. The molecule has 0 saturated carbocycles. The van der Waals surface area contributed by atoms with E-state index in [1.807, 2.05) is 49.9 Å². The van der Waals surface area contributed by atoms with Gasteiger partial charge in [-0.05, 0) is 38.5 Å². The van der Waals surface area contributed by atoms with Crippen molar-refractivity contribution in [2.24, 2.45) is 0 Å². The molecular formula is C19H24N2O3S2. The zero-order valence-corrected chi connectivity index (χ0v) is 17.0. The number of aryl methyl sites for hydroxylation is 3. The van der Waals surface area contributed by atoms with Gasteiger partial charge in [-0.25, -0.2) is 8.42 Å². The largest absolute Gasteiger partial charge is 0.293 e. The Labute approximate surface area is 159 Å². The molecule has 5 nitrogen and oxygen atoms in total. The summed E-state index contributed by atoms with van der Waals surface area (Å²) >= 11 is 1.30. The Morgan fingerprint density at radius 2 is 1.73 bits per heavy atom. The highest BCUT2D eigenvalue weighted by Gasteiger charge is 2.30. The van der Waals surface area contributed by atoms with E-state index in [1.54, 1.807) is 6.07 Å². The van der Waals surface area contributed by atoms with Crippen LogP contribution in [-0.2, 0) is 10.0 Å². The minimum atomic E-state index is -3.42. The molecule has 140 valence electrons. The smallest absolute Gasteiger partial charge is 0.252 e. The highest BCUT2D eigenvalue weighted by molar-refractivity contribution is 7.91. The first kappa shape index (κ1) is 19.2. The zero-order valence-electron chi connectivity index (χ0n) is 15.4. The zero-order chi connectivity index (χ0) is 18.9. The van der Waals surface area contributed by atoms with E-state index in [2.05, 4.69) is 0 Å². The van der Waals surface area contributed by atoms with Crippen LogP contribution in [0.25, 0.3) is 0 Å². The number of ketones is 1. The Hall–Kier alpha value is -1.54. The monoisotopic (exact) mass is 392 g/mol. The van der Waals surface area contributed by atoms with E-state index in [4.69, 9.17) is 0 Å². The number of rotatable bonds is 5. The molecule has 2 aromatic rings. The van der Waals surface area contributed by atoms with E-state index in [0.717, 1.165) is 21.6 Å². The number of carbonyl (C=O) groups excluding carboxylic acids is 1. The van der Waals surface area contributed by atoms with Crippen molar-refractivity contribution in [1.29, 1.82) is 0 Å². The Bertz CT molecular complexity index is 911. The molecule has 3 rings (SSSR count). The Balaban J connectivity index is 1.61. The number of benzene rings is 1. The predicted molar refractivity (Wildman–Crippen MR) is 105 cm³/mol. The molecule has 2 heterocycles. The molecule has 1 saturated heterocycles. The summed E-state index contributed by atoms with van der Waals surface area (Å²) in [5.74, 6) is 0.0905. The van der Waals surface area contributed by atoms with Gasteiger partial charge in [0.25, 0.3) is 10.0 Å². The van der Waals surface area contributed by atoms with Crippen LogP contribution in [-0.4, -0.2) is 56.1 Å². The lowest BCUT2D eigenvalue weighted by Crippen LogP contribution is -2.49. The van der Waals surface area contributed by atoms with Crippen molar-refractivity contribution in [2.45, 2.75) is 25.0 Å². The van der Waals surface area contributed by atoms with Gasteiger partial charge in [0.1, 0.15) is 4.21 Å². The summed E-state index contributed by atoms with van der Waals surface area (Å²) in [4.78, 5) is 15.6. The Kier molecular flexibility index (Phi) is 5.62. The number of hydrogen-bond donors (Lipinski definition) is 0. The van der Waals surface area contributed by atoms with E-state index in [-0.39, 0.29) is 5.78 Å². The van der Waals surface area contributed by atoms with Crippen molar-refractivity contribution in [3.63, 3.8) is 0 Å². The van der Waals surface area contributed by atoms with E-state index < -0.39 is 10.0 Å². The van der Waals surface area contributed by atoms with Crippen molar-refractivity contribution in [3.8, 4) is 0 Å². The van der Waals surface area contributed by atoms with Crippen molar-refractivity contribution < 1.29 is 13.2 Å². The molecule has 26 heavy (non-hydrogen) atoms. The second-order valence-electron chi connectivity index (χ2n) is 6.79.